The molecule has 0 aromatic rings. The number of sulfone groups is 1. The van der Waals surface area contributed by atoms with E-state index in [2.05, 4.69) is 36.4 Å². The Kier molecular flexibility index (Phi) is 13.6. The molecule has 7 heteroatoms. The monoisotopic (exact) mass is 447 g/mol. The molecule has 5 nitrogen and oxygen atoms in total. The second-order valence-corrected chi connectivity index (χ2v) is 8.63. The number of rotatable bonds is 10. The van der Waals surface area contributed by atoms with Crippen molar-refractivity contribution in [1.29, 1.82) is 0 Å². The second-order valence-electron chi connectivity index (χ2n) is 6.37. The Morgan fingerprint density at radius 1 is 1.14 bits per heavy atom. The molecule has 0 atom stereocenters. The summed E-state index contributed by atoms with van der Waals surface area (Å²) in [6.07, 6.45) is 5.47. The van der Waals surface area contributed by atoms with E-state index in [0.29, 0.717) is 13.0 Å². The van der Waals surface area contributed by atoms with Gasteiger partial charge in [0.1, 0.15) is 9.84 Å². The number of nitrogens with zero attached hydrogens (tertiary/aromatic N) is 1. The summed E-state index contributed by atoms with van der Waals surface area (Å²) in [6, 6.07) is 0. The molecule has 0 saturated heterocycles. The first-order valence-corrected chi connectivity index (χ1v) is 9.96. The van der Waals surface area contributed by atoms with Gasteiger partial charge in [-0.25, -0.2) is 8.42 Å². The van der Waals surface area contributed by atoms with Crippen LogP contribution in [0.2, 0.25) is 0 Å². The SMILES string of the molecule is CCCCCNC(=NCC(C)(C)CCS(C)(=O)=O)NCC.I. The molecule has 22 heavy (non-hydrogen) atoms. The van der Waals surface area contributed by atoms with Crippen molar-refractivity contribution in [1.82, 2.24) is 10.6 Å². The van der Waals surface area contributed by atoms with Gasteiger partial charge in [-0.1, -0.05) is 33.6 Å². The highest BCUT2D eigenvalue weighted by Crippen LogP contribution is 2.21. The Balaban J connectivity index is 0. The zero-order valence-electron chi connectivity index (χ0n) is 14.7. The molecule has 2 N–H and O–H groups in total. The van der Waals surface area contributed by atoms with Gasteiger partial charge in [0, 0.05) is 25.9 Å². The topological polar surface area (TPSA) is 70.6 Å². The maximum Gasteiger partial charge on any atom is 0.191 e. The molecular formula is C15H34IN3O2S. The van der Waals surface area contributed by atoms with Crippen LogP contribution >= 0.6 is 24.0 Å². The first-order chi connectivity index (χ1) is 9.70. The van der Waals surface area contributed by atoms with E-state index in [1.54, 1.807) is 0 Å². The second kappa shape index (κ2) is 12.4. The van der Waals surface area contributed by atoms with Crippen LogP contribution in [-0.4, -0.2) is 46.0 Å². The Bertz CT molecular complexity index is 409. The van der Waals surface area contributed by atoms with E-state index < -0.39 is 9.84 Å². The molecule has 0 aromatic heterocycles. The third-order valence-electron chi connectivity index (χ3n) is 3.23. The van der Waals surface area contributed by atoms with Gasteiger partial charge >= 0.3 is 0 Å². The number of nitrogens with one attached hydrogen (secondary N) is 2. The Morgan fingerprint density at radius 2 is 1.77 bits per heavy atom. The zero-order chi connectivity index (χ0) is 16.4. The lowest BCUT2D eigenvalue weighted by atomic mass is 9.90. The molecule has 0 unspecified atom stereocenters. The Morgan fingerprint density at radius 3 is 2.27 bits per heavy atom. The summed E-state index contributed by atoms with van der Waals surface area (Å²) in [5.41, 5.74) is -0.116. The standard InChI is InChI=1S/C15H33N3O2S.HI/c1-6-8-9-11-17-14(16-7-2)18-13-15(3,4)10-12-21(5,19)20;/h6-13H2,1-5H3,(H2,16,17,18);1H. The number of unbranched alkanes of at least 4 members (excludes halogenated alkanes) is 2. The molecule has 134 valence electrons. The van der Waals surface area contributed by atoms with Gasteiger partial charge < -0.3 is 10.6 Å². The van der Waals surface area contributed by atoms with Crippen LogP contribution in [0.4, 0.5) is 0 Å². The number of aliphatic imine (C=N–C) groups is 1. The molecule has 0 aliphatic carbocycles. The summed E-state index contributed by atoms with van der Waals surface area (Å²) in [5, 5.41) is 6.55. The van der Waals surface area contributed by atoms with Crippen LogP contribution in [0.5, 0.6) is 0 Å². The van der Waals surface area contributed by atoms with E-state index in [-0.39, 0.29) is 35.1 Å². The van der Waals surface area contributed by atoms with Crippen molar-refractivity contribution < 1.29 is 8.42 Å². The van der Waals surface area contributed by atoms with E-state index in [9.17, 15) is 8.42 Å². The maximum absolute atomic E-state index is 11.3. The molecule has 0 radical (unpaired) electrons. The van der Waals surface area contributed by atoms with Crippen molar-refractivity contribution in [2.45, 2.75) is 53.4 Å². The predicted octanol–water partition coefficient (Wildman–Crippen LogP) is 2.81. The first-order valence-electron chi connectivity index (χ1n) is 7.90. The normalized spacial score (nSPS) is 12.7. The molecule has 0 rings (SSSR count). The quantitative estimate of drug-likeness (QED) is 0.234. The number of hydrogen-bond donors (Lipinski definition) is 2. The fraction of sp³-hybridized carbons (Fsp3) is 0.933. The molecule has 0 aliphatic rings. The largest absolute Gasteiger partial charge is 0.357 e. The van der Waals surface area contributed by atoms with Crippen LogP contribution in [0.25, 0.3) is 0 Å². The fourth-order valence-electron chi connectivity index (χ4n) is 1.76. The third-order valence-corrected chi connectivity index (χ3v) is 4.18. The molecule has 0 spiro atoms. The molecule has 0 aliphatic heterocycles. The lowest BCUT2D eigenvalue weighted by Crippen LogP contribution is -2.38. The summed E-state index contributed by atoms with van der Waals surface area (Å²) in [7, 11) is -2.91. The van der Waals surface area contributed by atoms with E-state index in [0.717, 1.165) is 25.5 Å². The lowest BCUT2D eigenvalue weighted by Gasteiger charge is -2.22. The fourth-order valence-corrected chi connectivity index (χ4v) is 2.68. The summed E-state index contributed by atoms with van der Waals surface area (Å²) in [6.45, 7) is 10.7. The highest BCUT2D eigenvalue weighted by molar-refractivity contribution is 14.0. The average Bonchev–Trinajstić information content (AvgIpc) is 2.38. The summed E-state index contributed by atoms with van der Waals surface area (Å²) in [4.78, 5) is 4.58. The molecular weight excluding hydrogens is 413 g/mol. The molecule has 0 aromatic carbocycles. The van der Waals surface area contributed by atoms with Crippen LogP contribution in [-0.2, 0) is 9.84 Å². The molecule has 0 saturated carbocycles. The van der Waals surface area contributed by atoms with Crippen LogP contribution in [0.1, 0.15) is 53.4 Å². The molecule has 0 amide bonds. The van der Waals surface area contributed by atoms with Crippen molar-refractivity contribution in [3.8, 4) is 0 Å². The Hall–Kier alpha value is -0.0500. The zero-order valence-corrected chi connectivity index (χ0v) is 17.9. The predicted molar refractivity (Wildman–Crippen MR) is 107 cm³/mol. The first kappa shape index (κ1) is 24.2. The summed E-state index contributed by atoms with van der Waals surface area (Å²) in [5.74, 6) is 1.04. The minimum absolute atomic E-state index is 0. The van der Waals surface area contributed by atoms with E-state index in [4.69, 9.17) is 0 Å². The van der Waals surface area contributed by atoms with Crippen molar-refractivity contribution in [2.75, 3.05) is 31.6 Å². The lowest BCUT2D eigenvalue weighted by molar-refractivity contribution is 0.365. The van der Waals surface area contributed by atoms with Gasteiger partial charge in [0.2, 0.25) is 0 Å². The van der Waals surface area contributed by atoms with Gasteiger partial charge in [0.15, 0.2) is 5.96 Å². The number of hydrogen-bond acceptors (Lipinski definition) is 3. The highest BCUT2D eigenvalue weighted by Gasteiger charge is 2.20. The number of guanidine groups is 1. The van der Waals surface area contributed by atoms with Gasteiger partial charge in [-0.15, -0.1) is 24.0 Å². The van der Waals surface area contributed by atoms with Gasteiger partial charge in [-0.05, 0) is 25.2 Å². The van der Waals surface area contributed by atoms with Crippen LogP contribution in [0.3, 0.4) is 0 Å². The minimum atomic E-state index is -2.91. The Labute approximate surface area is 154 Å². The van der Waals surface area contributed by atoms with Gasteiger partial charge in [-0.2, -0.15) is 0 Å². The molecule has 0 heterocycles. The van der Waals surface area contributed by atoms with E-state index in [1.807, 2.05) is 6.92 Å². The minimum Gasteiger partial charge on any atom is -0.357 e. The maximum atomic E-state index is 11.3. The van der Waals surface area contributed by atoms with Crippen LogP contribution in [0, 0.1) is 5.41 Å². The van der Waals surface area contributed by atoms with Gasteiger partial charge in [0.25, 0.3) is 0 Å². The van der Waals surface area contributed by atoms with Crippen LogP contribution in [0.15, 0.2) is 4.99 Å². The van der Waals surface area contributed by atoms with Gasteiger partial charge in [-0.3, -0.25) is 4.99 Å². The van der Waals surface area contributed by atoms with Crippen LogP contribution < -0.4 is 10.6 Å². The van der Waals surface area contributed by atoms with E-state index in [1.165, 1.54) is 19.1 Å². The van der Waals surface area contributed by atoms with Crippen molar-refractivity contribution in [2.24, 2.45) is 10.4 Å². The van der Waals surface area contributed by atoms with Crippen molar-refractivity contribution >= 4 is 39.8 Å². The molecule has 0 fully saturated rings. The average molecular weight is 447 g/mol. The van der Waals surface area contributed by atoms with Crippen molar-refractivity contribution in [3.05, 3.63) is 0 Å². The summed E-state index contributed by atoms with van der Waals surface area (Å²) < 4.78 is 22.5. The molecule has 0 bridgehead atoms. The smallest absolute Gasteiger partial charge is 0.191 e. The van der Waals surface area contributed by atoms with Gasteiger partial charge in [0.05, 0.1) is 5.75 Å². The van der Waals surface area contributed by atoms with Crippen molar-refractivity contribution in [3.63, 3.8) is 0 Å². The van der Waals surface area contributed by atoms with E-state index >= 15 is 0 Å². The number of halogens is 1. The third kappa shape index (κ3) is 14.9. The highest BCUT2D eigenvalue weighted by atomic mass is 127. The summed E-state index contributed by atoms with van der Waals surface area (Å²) >= 11 is 0.